The van der Waals surface area contributed by atoms with Crippen LogP contribution >= 0.6 is 0 Å². The van der Waals surface area contributed by atoms with Crippen LogP contribution in [0.4, 0.5) is 0 Å². The van der Waals surface area contributed by atoms with Crippen molar-refractivity contribution >= 4 is 0 Å². The first-order chi connectivity index (χ1) is 14.3. The topological polar surface area (TPSA) is 9.23 Å². The number of allylic oxidation sites excluding steroid dienone is 2. The molecule has 2 saturated carbocycles. The van der Waals surface area contributed by atoms with Crippen LogP contribution in [0.15, 0.2) is 36.4 Å². The van der Waals surface area contributed by atoms with Crippen molar-refractivity contribution in [1.82, 2.24) is 0 Å². The van der Waals surface area contributed by atoms with E-state index in [0.717, 1.165) is 54.4 Å². The van der Waals surface area contributed by atoms with Crippen LogP contribution in [0.2, 0.25) is 0 Å². The van der Waals surface area contributed by atoms with Crippen molar-refractivity contribution in [1.29, 1.82) is 0 Å². The van der Waals surface area contributed by atoms with Crippen molar-refractivity contribution in [2.75, 3.05) is 6.61 Å². The molecular weight excluding hydrogens is 352 g/mol. The lowest BCUT2D eigenvalue weighted by molar-refractivity contribution is 0.154. The molecule has 1 aromatic carbocycles. The summed E-state index contributed by atoms with van der Waals surface area (Å²) in [6, 6.07) is 8.17. The van der Waals surface area contributed by atoms with E-state index < -0.39 is 0 Å². The Balaban J connectivity index is 1.38. The van der Waals surface area contributed by atoms with E-state index in [9.17, 15) is 0 Å². The second kappa shape index (κ2) is 12.1. The Morgan fingerprint density at radius 3 is 2.17 bits per heavy atom. The van der Waals surface area contributed by atoms with Crippen LogP contribution in [-0.4, -0.2) is 6.61 Å². The first-order valence-corrected chi connectivity index (χ1v) is 12.2. The van der Waals surface area contributed by atoms with Gasteiger partial charge in [-0.15, -0.1) is 0 Å². The summed E-state index contributed by atoms with van der Waals surface area (Å²) in [6.07, 6.45) is 19.7. The largest absolute Gasteiger partial charge is 0.494 e. The van der Waals surface area contributed by atoms with Crippen molar-refractivity contribution in [3.05, 3.63) is 42.0 Å². The minimum atomic E-state index is 0.738. The highest BCUT2D eigenvalue weighted by molar-refractivity contribution is 5.40. The average Bonchev–Trinajstić information content (AvgIpc) is 2.78. The van der Waals surface area contributed by atoms with Crippen LogP contribution in [0.3, 0.4) is 0 Å². The van der Waals surface area contributed by atoms with Gasteiger partial charge >= 0.3 is 0 Å². The number of benzene rings is 1. The maximum Gasteiger partial charge on any atom is 0.119 e. The van der Waals surface area contributed by atoms with Crippen LogP contribution in [0.5, 0.6) is 5.75 Å². The summed E-state index contributed by atoms with van der Waals surface area (Å²) in [5.41, 5.74) is 1.06. The molecule has 0 bridgehead atoms. The molecule has 2 aliphatic carbocycles. The van der Waals surface area contributed by atoms with Gasteiger partial charge in [0.1, 0.15) is 5.75 Å². The van der Waals surface area contributed by atoms with Crippen LogP contribution in [-0.2, 0) is 0 Å². The molecule has 0 heterocycles. The molecule has 2 aliphatic rings. The van der Waals surface area contributed by atoms with Crippen molar-refractivity contribution in [2.45, 2.75) is 84.5 Å². The maximum absolute atomic E-state index is 5.71. The van der Waals surface area contributed by atoms with E-state index in [1.54, 1.807) is 0 Å². The molecular formula is C28H40O. The van der Waals surface area contributed by atoms with Gasteiger partial charge in [0, 0.05) is 5.56 Å². The molecule has 0 saturated heterocycles. The predicted molar refractivity (Wildman–Crippen MR) is 124 cm³/mol. The molecule has 3 rings (SSSR count). The highest BCUT2D eigenvalue weighted by atomic mass is 16.5. The van der Waals surface area contributed by atoms with Gasteiger partial charge in [0.25, 0.3) is 0 Å². The molecule has 0 amide bonds. The summed E-state index contributed by atoms with van der Waals surface area (Å²) in [5.74, 6) is 11.2. The monoisotopic (exact) mass is 392 g/mol. The Morgan fingerprint density at radius 2 is 1.55 bits per heavy atom. The molecule has 158 valence electrons. The number of hydrogen-bond acceptors (Lipinski definition) is 1. The molecule has 0 aliphatic heterocycles. The summed E-state index contributed by atoms with van der Waals surface area (Å²) < 4.78 is 5.71. The van der Waals surface area contributed by atoms with Crippen LogP contribution in [0, 0.1) is 35.5 Å². The zero-order valence-electron chi connectivity index (χ0n) is 18.7. The van der Waals surface area contributed by atoms with E-state index in [1.807, 2.05) is 12.1 Å². The van der Waals surface area contributed by atoms with E-state index in [1.165, 1.54) is 57.8 Å². The first kappa shape index (κ1) is 22.0. The van der Waals surface area contributed by atoms with Gasteiger partial charge in [-0.3, -0.25) is 0 Å². The fourth-order valence-corrected chi connectivity index (χ4v) is 5.15. The lowest BCUT2D eigenvalue weighted by Gasteiger charge is -2.37. The average molecular weight is 393 g/mol. The maximum atomic E-state index is 5.71. The van der Waals surface area contributed by atoms with Gasteiger partial charge in [-0.1, -0.05) is 57.4 Å². The van der Waals surface area contributed by atoms with E-state index in [4.69, 9.17) is 4.74 Å². The van der Waals surface area contributed by atoms with Crippen molar-refractivity contribution in [3.8, 4) is 17.6 Å². The standard InChI is InChI=1S/C28H40O/c1-3-5-22-29-28-20-14-25(15-21-28)9-7-6-8-24-12-18-27(19-13-24)26-16-10-23(4-2)11-17-26/h6,8,14-15,20-21,23-24,26-27H,3-5,10-13,16-19,22H2,1-2H3/b8-6+/t23-,24?,26-,27?. The molecule has 0 radical (unpaired) electrons. The summed E-state index contributed by atoms with van der Waals surface area (Å²) >= 11 is 0. The molecule has 29 heavy (non-hydrogen) atoms. The zero-order chi connectivity index (χ0) is 20.3. The fourth-order valence-electron chi connectivity index (χ4n) is 5.15. The molecule has 1 heteroatoms. The first-order valence-electron chi connectivity index (χ1n) is 12.2. The number of hydrogen-bond donors (Lipinski definition) is 0. The quantitative estimate of drug-likeness (QED) is 0.340. The second-order valence-corrected chi connectivity index (χ2v) is 9.22. The number of unbranched alkanes of at least 4 members (excludes halogenated alkanes) is 1. The zero-order valence-corrected chi connectivity index (χ0v) is 18.7. The molecule has 1 nitrogen and oxygen atoms in total. The van der Waals surface area contributed by atoms with Gasteiger partial charge < -0.3 is 4.74 Å². The predicted octanol–water partition coefficient (Wildman–Crippen LogP) is 7.80. The van der Waals surface area contributed by atoms with Gasteiger partial charge in [-0.2, -0.15) is 0 Å². The number of ether oxygens (including phenoxy) is 1. The van der Waals surface area contributed by atoms with Gasteiger partial charge in [0.05, 0.1) is 6.61 Å². The third-order valence-electron chi connectivity index (χ3n) is 7.24. The molecule has 0 spiro atoms. The molecule has 0 atom stereocenters. The second-order valence-electron chi connectivity index (χ2n) is 9.22. The van der Waals surface area contributed by atoms with E-state index in [-0.39, 0.29) is 0 Å². The van der Waals surface area contributed by atoms with Crippen LogP contribution in [0.25, 0.3) is 0 Å². The van der Waals surface area contributed by atoms with Gasteiger partial charge in [-0.25, -0.2) is 0 Å². The lowest BCUT2D eigenvalue weighted by Crippen LogP contribution is -2.25. The van der Waals surface area contributed by atoms with Crippen LogP contribution in [0.1, 0.15) is 90.0 Å². The summed E-state index contributed by atoms with van der Waals surface area (Å²) in [6.45, 7) is 5.34. The number of rotatable bonds is 7. The highest BCUT2D eigenvalue weighted by Gasteiger charge is 2.29. The fraction of sp³-hybridized carbons (Fsp3) is 0.643. The smallest absolute Gasteiger partial charge is 0.119 e. The Bertz CT molecular complexity index is 659. The Hall–Kier alpha value is -1.68. The minimum Gasteiger partial charge on any atom is -0.494 e. The third-order valence-corrected chi connectivity index (χ3v) is 7.24. The summed E-state index contributed by atoms with van der Waals surface area (Å²) in [5, 5.41) is 0. The van der Waals surface area contributed by atoms with Gasteiger partial charge in [0.15, 0.2) is 0 Å². The normalized spacial score (nSPS) is 27.4. The van der Waals surface area contributed by atoms with Gasteiger partial charge in [0.2, 0.25) is 0 Å². The van der Waals surface area contributed by atoms with Crippen molar-refractivity contribution in [2.24, 2.45) is 23.7 Å². The van der Waals surface area contributed by atoms with Crippen LogP contribution < -0.4 is 4.74 Å². The van der Waals surface area contributed by atoms with E-state index in [2.05, 4.69) is 50.0 Å². The highest BCUT2D eigenvalue weighted by Crippen LogP contribution is 2.42. The SMILES string of the molecule is CCCCOc1ccc(C#C/C=C/C2CCC([C@H]3CC[C@H](CC)CC3)CC2)cc1. The van der Waals surface area contributed by atoms with Crippen molar-refractivity contribution in [3.63, 3.8) is 0 Å². The Labute approximate surface area is 179 Å². The van der Waals surface area contributed by atoms with E-state index >= 15 is 0 Å². The molecule has 0 unspecified atom stereocenters. The summed E-state index contributed by atoms with van der Waals surface area (Å²) in [4.78, 5) is 0. The molecule has 2 fully saturated rings. The van der Waals surface area contributed by atoms with E-state index in [0.29, 0.717) is 0 Å². The van der Waals surface area contributed by atoms with Crippen molar-refractivity contribution < 1.29 is 4.74 Å². The lowest BCUT2D eigenvalue weighted by atomic mass is 9.69. The third kappa shape index (κ3) is 7.26. The molecule has 1 aromatic rings. The minimum absolute atomic E-state index is 0.738. The molecule has 0 aromatic heterocycles. The summed E-state index contributed by atoms with van der Waals surface area (Å²) in [7, 11) is 0. The Kier molecular flexibility index (Phi) is 9.20. The molecule has 0 N–H and O–H groups in total. The van der Waals surface area contributed by atoms with Gasteiger partial charge in [-0.05, 0) is 99.0 Å². The Morgan fingerprint density at radius 1 is 0.897 bits per heavy atom.